The molecule has 2 saturated carbocycles. The minimum absolute atomic E-state index is 0.0133. The number of nitrogens with zero attached hydrogens (tertiary/aromatic N) is 3. The predicted octanol–water partition coefficient (Wildman–Crippen LogP) is 4.86. The Labute approximate surface area is 190 Å². The van der Waals surface area contributed by atoms with Crippen molar-refractivity contribution >= 4 is 39.4 Å². The van der Waals surface area contributed by atoms with E-state index < -0.39 is 0 Å². The summed E-state index contributed by atoms with van der Waals surface area (Å²) in [6.45, 7) is 2.83. The molecule has 3 aromatic heterocycles. The highest BCUT2D eigenvalue weighted by atomic mass is 16.5. The fraction of sp³-hybridized carbons (Fsp3) is 0.360. The molecule has 8 heteroatoms. The highest BCUT2D eigenvalue weighted by Gasteiger charge is 2.39. The fourth-order valence-electron chi connectivity index (χ4n) is 4.09. The summed E-state index contributed by atoms with van der Waals surface area (Å²) in [5, 5.41) is 7.72. The molecule has 2 atom stereocenters. The average molecular weight is 444 g/mol. The SMILES string of the molecule is CNc1ncc(-c2nc3cc(OCC4CC4)ccc3o2)c2cc(NC(=O)[C@H]3C[C@H]3C)ncc12. The van der Waals surface area contributed by atoms with Gasteiger partial charge in [0, 0.05) is 42.2 Å². The van der Waals surface area contributed by atoms with Gasteiger partial charge in [-0.2, -0.15) is 0 Å². The predicted molar refractivity (Wildman–Crippen MR) is 126 cm³/mol. The van der Waals surface area contributed by atoms with Crippen molar-refractivity contribution in [3.63, 3.8) is 0 Å². The van der Waals surface area contributed by atoms with E-state index in [1.807, 2.05) is 31.3 Å². The van der Waals surface area contributed by atoms with Crippen LogP contribution in [0.15, 0.2) is 41.1 Å². The Hall–Kier alpha value is -3.68. The molecule has 168 valence electrons. The quantitative estimate of drug-likeness (QED) is 0.420. The number of oxazole rings is 1. The van der Waals surface area contributed by atoms with Gasteiger partial charge in [-0.05, 0) is 49.3 Å². The molecule has 0 bridgehead atoms. The lowest BCUT2D eigenvalue weighted by Gasteiger charge is -2.10. The number of carbonyl (C=O) groups excluding carboxylic acids is 1. The third kappa shape index (κ3) is 3.86. The number of fused-ring (bicyclic) bond motifs is 2. The lowest BCUT2D eigenvalue weighted by Crippen LogP contribution is -2.15. The lowest BCUT2D eigenvalue weighted by atomic mass is 10.1. The average Bonchev–Trinajstić information content (AvgIpc) is 3.74. The van der Waals surface area contributed by atoms with Crippen molar-refractivity contribution in [2.45, 2.75) is 26.2 Å². The van der Waals surface area contributed by atoms with Crippen LogP contribution in [0, 0.1) is 17.8 Å². The summed E-state index contributed by atoms with van der Waals surface area (Å²) < 4.78 is 12.0. The molecule has 3 heterocycles. The highest BCUT2D eigenvalue weighted by Crippen LogP contribution is 2.39. The molecular formula is C25H25N5O3. The minimum atomic E-state index is 0.0133. The van der Waals surface area contributed by atoms with Gasteiger partial charge in [0.25, 0.3) is 0 Å². The Morgan fingerprint density at radius 1 is 1.18 bits per heavy atom. The Morgan fingerprint density at radius 3 is 2.79 bits per heavy atom. The smallest absolute Gasteiger partial charge is 0.229 e. The second-order valence-electron chi connectivity index (χ2n) is 9.10. The summed E-state index contributed by atoms with van der Waals surface area (Å²) in [7, 11) is 1.81. The maximum Gasteiger partial charge on any atom is 0.229 e. The zero-order chi connectivity index (χ0) is 22.5. The monoisotopic (exact) mass is 443 g/mol. The Balaban J connectivity index is 1.37. The molecule has 1 amide bonds. The van der Waals surface area contributed by atoms with Gasteiger partial charge in [-0.1, -0.05) is 6.92 Å². The van der Waals surface area contributed by atoms with Crippen LogP contribution in [0.4, 0.5) is 11.6 Å². The number of amides is 1. The van der Waals surface area contributed by atoms with E-state index in [9.17, 15) is 4.79 Å². The fourth-order valence-corrected chi connectivity index (χ4v) is 4.09. The second-order valence-corrected chi connectivity index (χ2v) is 9.10. The molecule has 2 fully saturated rings. The third-order valence-corrected chi connectivity index (χ3v) is 6.48. The van der Waals surface area contributed by atoms with E-state index in [0.29, 0.717) is 34.9 Å². The highest BCUT2D eigenvalue weighted by molar-refractivity contribution is 6.03. The van der Waals surface area contributed by atoms with Crippen molar-refractivity contribution in [1.29, 1.82) is 0 Å². The number of ether oxygens (including phenoxy) is 1. The first-order valence-corrected chi connectivity index (χ1v) is 11.4. The molecule has 4 aromatic rings. The topological polar surface area (TPSA) is 102 Å². The van der Waals surface area contributed by atoms with E-state index in [0.717, 1.165) is 40.6 Å². The molecule has 6 rings (SSSR count). The number of hydrogen-bond acceptors (Lipinski definition) is 7. The first kappa shape index (κ1) is 20.0. The summed E-state index contributed by atoms with van der Waals surface area (Å²) in [5.41, 5.74) is 2.15. The van der Waals surface area contributed by atoms with Gasteiger partial charge in [-0.15, -0.1) is 0 Å². The standard InChI is InChI=1S/C25H25N5O3/c1-13-7-16(13)24(31)30-22-9-17-18(10-27-22)23(26-2)28-11-19(17)25-29-20-8-15(5-6-21(20)33-25)32-12-14-3-4-14/h5-6,8-11,13-14,16H,3-4,7,12H2,1-2H3,(H,26,28)(H,27,30,31)/t13-,16+/m1/s1. The molecule has 2 N–H and O–H groups in total. The molecule has 0 radical (unpaired) electrons. The van der Waals surface area contributed by atoms with Gasteiger partial charge in [-0.25, -0.2) is 15.0 Å². The van der Waals surface area contributed by atoms with Crippen LogP contribution in [-0.4, -0.2) is 34.5 Å². The number of pyridine rings is 2. The number of nitrogens with one attached hydrogen (secondary N) is 2. The molecule has 2 aliphatic carbocycles. The Bertz CT molecular complexity index is 1380. The number of benzene rings is 1. The van der Waals surface area contributed by atoms with Crippen molar-refractivity contribution in [2.75, 3.05) is 24.3 Å². The van der Waals surface area contributed by atoms with Crippen molar-refractivity contribution in [3.8, 4) is 17.2 Å². The molecule has 0 spiro atoms. The van der Waals surface area contributed by atoms with Crippen LogP contribution in [0.2, 0.25) is 0 Å². The Kier molecular flexibility index (Phi) is 4.67. The maximum absolute atomic E-state index is 12.4. The van der Waals surface area contributed by atoms with Crippen LogP contribution in [0.25, 0.3) is 33.3 Å². The van der Waals surface area contributed by atoms with Crippen LogP contribution >= 0.6 is 0 Å². The van der Waals surface area contributed by atoms with E-state index in [1.165, 1.54) is 12.8 Å². The number of aromatic nitrogens is 3. The number of rotatable bonds is 7. The number of anilines is 2. The van der Waals surface area contributed by atoms with Gasteiger partial charge in [0.1, 0.15) is 22.9 Å². The van der Waals surface area contributed by atoms with Gasteiger partial charge in [0.05, 0.1) is 12.2 Å². The van der Waals surface area contributed by atoms with E-state index in [2.05, 4.69) is 27.5 Å². The summed E-state index contributed by atoms with van der Waals surface area (Å²) in [6, 6.07) is 7.57. The summed E-state index contributed by atoms with van der Waals surface area (Å²) in [4.78, 5) is 26.1. The third-order valence-electron chi connectivity index (χ3n) is 6.48. The molecule has 1 aromatic carbocycles. The van der Waals surface area contributed by atoms with Crippen molar-refractivity contribution in [1.82, 2.24) is 15.0 Å². The van der Waals surface area contributed by atoms with E-state index in [-0.39, 0.29) is 11.8 Å². The number of hydrogen-bond donors (Lipinski definition) is 2. The first-order valence-electron chi connectivity index (χ1n) is 11.4. The summed E-state index contributed by atoms with van der Waals surface area (Å²) in [6.07, 6.45) is 6.87. The first-order chi connectivity index (χ1) is 16.1. The zero-order valence-corrected chi connectivity index (χ0v) is 18.6. The normalized spacial score (nSPS) is 19.6. The van der Waals surface area contributed by atoms with Gasteiger partial charge in [0.15, 0.2) is 5.58 Å². The summed E-state index contributed by atoms with van der Waals surface area (Å²) in [5.74, 6) is 3.66. The van der Waals surface area contributed by atoms with Gasteiger partial charge >= 0.3 is 0 Å². The van der Waals surface area contributed by atoms with Crippen molar-refractivity contribution in [2.24, 2.45) is 17.8 Å². The van der Waals surface area contributed by atoms with Crippen LogP contribution in [0.1, 0.15) is 26.2 Å². The van der Waals surface area contributed by atoms with Crippen LogP contribution in [0.3, 0.4) is 0 Å². The molecule has 0 saturated heterocycles. The Morgan fingerprint density at radius 2 is 2.03 bits per heavy atom. The number of carbonyl (C=O) groups is 1. The maximum atomic E-state index is 12.4. The van der Waals surface area contributed by atoms with Gasteiger partial charge < -0.3 is 19.8 Å². The van der Waals surface area contributed by atoms with Crippen molar-refractivity contribution < 1.29 is 13.9 Å². The van der Waals surface area contributed by atoms with Crippen LogP contribution < -0.4 is 15.4 Å². The van der Waals surface area contributed by atoms with Crippen LogP contribution in [-0.2, 0) is 4.79 Å². The van der Waals surface area contributed by atoms with Crippen molar-refractivity contribution in [3.05, 3.63) is 36.7 Å². The largest absolute Gasteiger partial charge is 0.493 e. The molecule has 8 nitrogen and oxygen atoms in total. The van der Waals surface area contributed by atoms with E-state index >= 15 is 0 Å². The molecular weight excluding hydrogens is 418 g/mol. The minimum Gasteiger partial charge on any atom is -0.493 e. The van der Waals surface area contributed by atoms with Crippen LogP contribution in [0.5, 0.6) is 5.75 Å². The zero-order valence-electron chi connectivity index (χ0n) is 18.6. The second kappa shape index (κ2) is 7.72. The molecule has 0 unspecified atom stereocenters. The van der Waals surface area contributed by atoms with Gasteiger partial charge in [0.2, 0.25) is 11.8 Å². The van der Waals surface area contributed by atoms with E-state index in [1.54, 1.807) is 12.4 Å². The van der Waals surface area contributed by atoms with E-state index in [4.69, 9.17) is 14.1 Å². The molecule has 0 aliphatic heterocycles. The lowest BCUT2D eigenvalue weighted by molar-refractivity contribution is -0.117. The van der Waals surface area contributed by atoms with Gasteiger partial charge in [-0.3, -0.25) is 4.79 Å². The molecule has 33 heavy (non-hydrogen) atoms. The molecule has 2 aliphatic rings. The summed E-state index contributed by atoms with van der Waals surface area (Å²) >= 11 is 0.